The highest BCUT2D eigenvalue weighted by atomic mass is 19.1. The van der Waals surface area contributed by atoms with Crippen LogP contribution >= 0.6 is 0 Å². The SMILES string of the molecule is CN(C)NC(=O)CCc1cccc(F)c1. The number of carbonyl (C=O) groups is 1. The summed E-state index contributed by atoms with van der Waals surface area (Å²) in [5.74, 6) is -0.329. The Balaban J connectivity index is 2.40. The van der Waals surface area contributed by atoms with Crippen LogP contribution in [0.2, 0.25) is 0 Å². The molecule has 0 bridgehead atoms. The Labute approximate surface area is 88.9 Å². The molecule has 0 aliphatic rings. The first-order valence-electron chi connectivity index (χ1n) is 4.79. The lowest BCUT2D eigenvalue weighted by molar-refractivity contribution is -0.124. The van der Waals surface area contributed by atoms with E-state index in [-0.39, 0.29) is 11.7 Å². The van der Waals surface area contributed by atoms with Gasteiger partial charge in [-0.25, -0.2) is 9.40 Å². The van der Waals surface area contributed by atoms with Crippen molar-refractivity contribution < 1.29 is 9.18 Å². The Morgan fingerprint density at radius 1 is 1.47 bits per heavy atom. The zero-order chi connectivity index (χ0) is 11.3. The molecule has 1 aromatic carbocycles. The van der Waals surface area contributed by atoms with E-state index in [0.717, 1.165) is 5.56 Å². The number of halogens is 1. The molecule has 1 rings (SSSR count). The molecule has 0 atom stereocenters. The average molecular weight is 210 g/mol. The number of hydrogen-bond donors (Lipinski definition) is 1. The van der Waals surface area contributed by atoms with Crippen molar-refractivity contribution in [3.8, 4) is 0 Å². The van der Waals surface area contributed by atoms with Gasteiger partial charge in [-0.1, -0.05) is 12.1 Å². The van der Waals surface area contributed by atoms with Crippen molar-refractivity contribution in [2.45, 2.75) is 12.8 Å². The van der Waals surface area contributed by atoms with E-state index in [2.05, 4.69) is 5.43 Å². The highest BCUT2D eigenvalue weighted by Gasteiger charge is 2.03. The van der Waals surface area contributed by atoms with E-state index in [9.17, 15) is 9.18 Å². The lowest BCUT2D eigenvalue weighted by atomic mass is 10.1. The quantitative estimate of drug-likeness (QED) is 0.761. The monoisotopic (exact) mass is 210 g/mol. The van der Waals surface area contributed by atoms with Gasteiger partial charge in [0.2, 0.25) is 5.91 Å². The van der Waals surface area contributed by atoms with Crippen LogP contribution in [0.4, 0.5) is 4.39 Å². The van der Waals surface area contributed by atoms with Crippen LogP contribution in [0.1, 0.15) is 12.0 Å². The van der Waals surface area contributed by atoms with Crippen molar-refractivity contribution in [1.29, 1.82) is 0 Å². The third-order valence-corrected chi connectivity index (χ3v) is 1.88. The van der Waals surface area contributed by atoms with Crippen LogP contribution < -0.4 is 5.43 Å². The molecule has 0 spiro atoms. The predicted octanol–water partition coefficient (Wildman–Crippen LogP) is 1.35. The van der Waals surface area contributed by atoms with Crippen LogP contribution in [0.15, 0.2) is 24.3 Å². The van der Waals surface area contributed by atoms with Crippen LogP contribution in [0.25, 0.3) is 0 Å². The first-order valence-corrected chi connectivity index (χ1v) is 4.79. The maximum absolute atomic E-state index is 12.8. The van der Waals surface area contributed by atoms with E-state index in [1.807, 2.05) is 6.07 Å². The summed E-state index contributed by atoms with van der Waals surface area (Å²) in [6.45, 7) is 0. The summed E-state index contributed by atoms with van der Waals surface area (Å²) in [7, 11) is 3.50. The molecule has 0 aliphatic heterocycles. The molecule has 1 N–H and O–H groups in total. The maximum atomic E-state index is 12.8. The van der Waals surface area contributed by atoms with E-state index >= 15 is 0 Å². The van der Waals surface area contributed by atoms with Gasteiger partial charge in [0.1, 0.15) is 5.82 Å². The Kier molecular flexibility index (Phi) is 4.24. The molecule has 0 saturated heterocycles. The van der Waals surface area contributed by atoms with Gasteiger partial charge in [0.25, 0.3) is 0 Å². The normalized spacial score (nSPS) is 10.4. The third kappa shape index (κ3) is 4.56. The highest BCUT2D eigenvalue weighted by Crippen LogP contribution is 2.05. The predicted molar refractivity (Wildman–Crippen MR) is 56.6 cm³/mol. The fraction of sp³-hybridized carbons (Fsp3) is 0.364. The number of benzene rings is 1. The Morgan fingerprint density at radius 3 is 2.80 bits per heavy atom. The van der Waals surface area contributed by atoms with Gasteiger partial charge in [-0.15, -0.1) is 0 Å². The molecule has 3 nitrogen and oxygen atoms in total. The standard InChI is InChI=1S/C11H15FN2O/c1-14(2)13-11(15)7-6-9-4-3-5-10(12)8-9/h3-5,8H,6-7H2,1-2H3,(H,13,15). The first kappa shape index (κ1) is 11.7. The van der Waals surface area contributed by atoms with E-state index in [0.29, 0.717) is 12.8 Å². The van der Waals surface area contributed by atoms with Crippen LogP contribution in [-0.4, -0.2) is 25.0 Å². The summed E-state index contributed by atoms with van der Waals surface area (Å²) in [5.41, 5.74) is 3.47. The first-order chi connectivity index (χ1) is 7.08. The molecule has 0 aliphatic carbocycles. The second-order valence-corrected chi connectivity index (χ2v) is 3.56. The maximum Gasteiger partial charge on any atom is 0.234 e. The Hall–Kier alpha value is -1.42. The van der Waals surface area contributed by atoms with Gasteiger partial charge in [0, 0.05) is 20.5 Å². The molecule has 15 heavy (non-hydrogen) atoms. The number of hydrazine groups is 1. The van der Waals surface area contributed by atoms with E-state index in [1.54, 1.807) is 25.2 Å². The third-order valence-electron chi connectivity index (χ3n) is 1.88. The van der Waals surface area contributed by atoms with Crippen molar-refractivity contribution in [3.63, 3.8) is 0 Å². The molecule has 0 unspecified atom stereocenters. The molecule has 0 radical (unpaired) electrons. The second kappa shape index (κ2) is 5.46. The zero-order valence-corrected chi connectivity index (χ0v) is 8.96. The van der Waals surface area contributed by atoms with Crippen LogP contribution in [0, 0.1) is 5.82 Å². The molecule has 0 fully saturated rings. The molecule has 1 aromatic rings. The van der Waals surface area contributed by atoms with Gasteiger partial charge in [0.15, 0.2) is 0 Å². The molecule has 0 heterocycles. The summed E-state index contributed by atoms with van der Waals surface area (Å²) in [6.07, 6.45) is 0.916. The molecule has 82 valence electrons. The molecule has 0 saturated carbocycles. The highest BCUT2D eigenvalue weighted by molar-refractivity contribution is 5.75. The number of hydrogen-bond acceptors (Lipinski definition) is 2. The minimum atomic E-state index is -0.263. The van der Waals surface area contributed by atoms with Crippen molar-refractivity contribution >= 4 is 5.91 Å². The van der Waals surface area contributed by atoms with Gasteiger partial charge < -0.3 is 0 Å². The summed E-state index contributed by atoms with van der Waals surface area (Å²) >= 11 is 0. The minimum absolute atomic E-state index is 0.0655. The number of rotatable bonds is 4. The van der Waals surface area contributed by atoms with Crippen molar-refractivity contribution in [3.05, 3.63) is 35.6 Å². The smallest absolute Gasteiger partial charge is 0.234 e. The number of amides is 1. The molecular formula is C11H15FN2O. The van der Waals surface area contributed by atoms with Gasteiger partial charge in [-0.2, -0.15) is 0 Å². The second-order valence-electron chi connectivity index (χ2n) is 3.56. The summed E-state index contributed by atoms with van der Waals surface area (Å²) in [5, 5.41) is 1.59. The fourth-order valence-electron chi connectivity index (χ4n) is 1.26. The van der Waals surface area contributed by atoms with Crippen molar-refractivity contribution in [2.24, 2.45) is 0 Å². The summed E-state index contributed by atoms with van der Waals surface area (Å²) in [4.78, 5) is 11.3. The number of nitrogens with one attached hydrogen (secondary N) is 1. The van der Waals surface area contributed by atoms with Crippen LogP contribution in [0.3, 0.4) is 0 Å². The number of aryl methyl sites for hydroxylation is 1. The van der Waals surface area contributed by atoms with E-state index in [1.165, 1.54) is 12.1 Å². The van der Waals surface area contributed by atoms with Crippen LogP contribution in [-0.2, 0) is 11.2 Å². The molecular weight excluding hydrogens is 195 g/mol. The van der Waals surface area contributed by atoms with Gasteiger partial charge >= 0.3 is 0 Å². The van der Waals surface area contributed by atoms with E-state index < -0.39 is 0 Å². The molecule has 4 heteroatoms. The van der Waals surface area contributed by atoms with Crippen LogP contribution in [0.5, 0.6) is 0 Å². The largest absolute Gasteiger partial charge is 0.289 e. The fourth-order valence-corrected chi connectivity index (χ4v) is 1.26. The van der Waals surface area contributed by atoms with Gasteiger partial charge in [-0.3, -0.25) is 10.2 Å². The van der Waals surface area contributed by atoms with Gasteiger partial charge in [0.05, 0.1) is 0 Å². The van der Waals surface area contributed by atoms with Gasteiger partial charge in [-0.05, 0) is 24.1 Å². The average Bonchev–Trinajstić information content (AvgIpc) is 2.14. The minimum Gasteiger partial charge on any atom is -0.289 e. The van der Waals surface area contributed by atoms with Crippen molar-refractivity contribution in [1.82, 2.24) is 10.4 Å². The van der Waals surface area contributed by atoms with Crippen molar-refractivity contribution in [2.75, 3.05) is 14.1 Å². The lowest BCUT2D eigenvalue weighted by Crippen LogP contribution is -2.36. The Morgan fingerprint density at radius 2 is 2.20 bits per heavy atom. The molecule has 0 aromatic heterocycles. The molecule has 1 amide bonds. The zero-order valence-electron chi connectivity index (χ0n) is 8.96. The Bertz CT molecular complexity index is 339. The number of nitrogens with zero attached hydrogens (tertiary/aromatic N) is 1. The lowest BCUT2D eigenvalue weighted by Gasteiger charge is -2.11. The van der Waals surface area contributed by atoms with E-state index in [4.69, 9.17) is 0 Å². The number of carbonyl (C=O) groups excluding carboxylic acids is 1. The summed E-state index contributed by atoms with van der Waals surface area (Å²) < 4.78 is 12.8. The summed E-state index contributed by atoms with van der Waals surface area (Å²) in [6, 6.07) is 6.30. The topological polar surface area (TPSA) is 32.3 Å².